The van der Waals surface area contributed by atoms with Crippen LogP contribution >= 0.6 is 11.3 Å². The zero-order valence-corrected chi connectivity index (χ0v) is 19.3. The molecule has 1 unspecified atom stereocenters. The summed E-state index contributed by atoms with van der Waals surface area (Å²) in [5, 5.41) is 0.785. The minimum Gasteiger partial charge on any atom is -0.494 e. The van der Waals surface area contributed by atoms with Crippen molar-refractivity contribution in [3.63, 3.8) is 0 Å². The smallest absolute Gasteiger partial charge is 0.262 e. The van der Waals surface area contributed by atoms with Gasteiger partial charge in [-0.15, -0.1) is 11.3 Å². The maximum absolute atomic E-state index is 13.2. The number of aromatic nitrogens is 2. The second kappa shape index (κ2) is 9.06. The molecule has 0 radical (unpaired) electrons. The Morgan fingerprint density at radius 1 is 1.19 bits per heavy atom. The van der Waals surface area contributed by atoms with Crippen LogP contribution in [0.5, 0.6) is 5.75 Å². The topological polar surface area (TPSA) is 64.4 Å². The van der Waals surface area contributed by atoms with Crippen molar-refractivity contribution < 1.29 is 9.53 Å². The van der Waals surface area contributed by atoms with Crippen LogP contribution < -0.4 is 10.3 Å². The van der Waals surface area contributed by atoms with Crippen molar-refractivity contribution in [1.29, 1.82) is 0 Å². The van der Waals surface area contributed by atoms with Crippen LogP contribution in [-0.4, -0.2) is 33.5 Å². The summed E-state index contributed by atoms with van der Waals surface area (Å²) in [7, 11) is 0. The highest BCUT2D eigenvalue weighted by Crippen LogP contribution is 2.34. The lowest BCUT2D eigenvalue weighted by Crippen LogP contribution is -2.32. The van der Waals surface area contributed by atoms with E-state index in [0.29, 0.717) is 19.6 Å². The molecule has 5 rings (SSSR count). The van der Waals surface area contributed by atoms with Crippen molar-refractivity contribution in [3.8, 4) is 5.75 Å². The molecule has 1 fully saturated rings. The molecule has 0 N–H and O–H groups in total. The Hall–Kier alpha value is -2.67. The zero-order chi connectivity index (χ0) is 22.1. The van der Waals surface area contributed by atoms with Crippen molar-refractivity contribution in [1.82, 2.24) is 14.5 Å². The average Bonchev–Trinajstić information content (AvgIpc) is 3.44. The molecule has 0 spiro atoms. The SMILES string of the molecule is CCOc1ccc(C2CCCN2C(=O)CCn2cnc3sc4c(c3c2=O)CCCC4)cc1. The highest BCUT2D eigenvalue weighted by molar-refractivity contribution is 7.18. The molecular formula is C25H29N3O3S. The second-order valence-electron chi connectivity index (χ2n) is 8.63. The number of hydrogen-bond acceptors (Lipinski definition) is 5. The van der Waals surface area contributed by atoms with E-state index >= 15 is 0 Å². The molecule has 1 aliphatic heterocycles. The standard InChI is InChI=1S/C25H29N3O3S/c1-2-31-18-11-9-17(10-12-18)20-7-5-14-28(20)22(29)13-15-27-16-26-24-23(25(27)30)19-6-3-4-8-21(19)32-24/h9-12,16,20H,2-8,13-15H2,1H3. The van der Waals surface area contributed by atoms with Crippen LogP contribution in [0.2, 0.25) is 0 Å². The number of carbonyl (C=O) groups is 1. The van der Waals surface area contributed by atoms with Crippen molar-refractivity contribution in [3.05, 3.63) is 57.0 Å². The summed E-state index contributed by atoms with van der Waals surface area (Å²) in [5.41, 5.74) is 2.35. The number of fused-ring (bicyclic) bond motifs is 3. The summed E-state index contributed by atoms with van der Waals surface area (Å²) in [6.45, 7) is 3.75. The van der Waals surface area contributed by atoms with Crippen LogP contribution in [0.15, 0.2) is 35.4 Å². The molecule has 1 aromatic carbocycles. The lowest BCUT2D eigenvalue weighted by atomic mass is 9.97. The first-order valence-corrected chi connectivity index (χ1v) is 12.5. The maximum Gasteiger partial charge on any atom is 0.262 e. The summed E-state index contributed by atoms with van der Waals surface area (Å²) < 4.78 is 7.17. The van der Waals surface area contributed by atoms with Gasteiger partial charge in [-0.3, -0.25) is 14.2 Å². The van der Waals surface area contributed by atoms with E-state index in [-0.39, 0.29) is 17.5 Å². The van der Waals surface area contributed by atoms with Gasteiger partial charge in [-0.2, -0.15) is 0 Å². The predicted molar refractivity (Wildman–Crippen MR) is 126 cm³/mol. The van der Waals surface area contributed by atoms with Gasteiger partial charge in [0.1, 0.15) is 10.6 Å². The third-order valence-electron chi connectivity index (χ3n) is 6.66. The molecule has 1 aliphatic carbocycles. The van der Waals surface area contributed by atoms with E-state index < -0.39 is 0 Å². The first-order valence-electron chi connectivity index (χ1n) is 11.7. The number of aryl methyl sites for hydroxylation is 3. The quantitative estimate of drug-likeness (QED) is 0.554. The molecule has 1 amide bonds. The van der Waals surface area contributed by atoms with E-state index in [4.69, 9.17) is 4.74 Å². The number of benzene rings is 1. The van der Waals surface area contributed by atoms with Crippen molar-refractivity contribution in [2.75, 3.05) is 13.2 Å². The number of ether oxygens (including phenoxy) is 1. The van der Waals surface area contributed by atoms with E-state index in [0.717, 1.165) is 60.2 Å². The number of carbonyl (C=O) groups excluding carboxylic acids is 1. The lowest BCUT2D eigenvalue weighted by Gasteiger charge is -2.25. The third kappa shape index (κ3) is 3.94. The van der Waals surface area contributed by atoms with Crippen LogP contribution in [-0.2, 0) is 24.2 Å². The molecule has 1 saturated heterocycles. The van der Waals surface area contributed by atoms with Crippen LogP contribution in [0, 0.1) is 0 Å². The molecule has 0 bridgehead atoms. The minimum atomic E-state index is 0.00619. The van der Waals surface area contributed by atoms with Gasteiger partial charge in [0.15, 0.2) is 0 Å². The Morgan fingerprint density at radius 2 is 2.00 bits per heavy atom. The number of thiophene rings is 1. The van der Waals surface area contributed by atoms with Gasteiger partial charge in [-0.05, 0) is 68.7 Å². The Bertz CT molecular complexity index is 1180. The molecule has 32 heavy (non-hydrogen) atoms. The summed E-state index contributed by atoms with van der Waals surface area (Å²) in [6, 6.07) is 8.16. The number of likely N-dealkylation sites (tertiary alicyclic amines) is 1. The fourth-order valence-electron chi connectivity index (χ4n) is 5.06. The molecular weight excluding hydrogens is 422 g/mol. The first kappa shape index (κ1) is 21.2. The molecule has 3 heterocycles. The van der Waals surface area contributed by atoms with Crippen LogP contribution in [0.3, 0.4) is 0 Å². The van der Waals surface area contributed by atoms with Crippen molar-refractivity contribution >= 4 is 27.5 Å². The molecule has 1 atom stereocenters. The normalized spacial score (nSPS) is 18.2. The van der Waals surface area contributed by atoms with Gasteiger partial charge in [0, 0.05) is 24.4 Å². The fourth-order valence-corrected chi connectivity index (χ4v) is 6.28. The minimum absolute atomic E-state index is 0.00619. The van der Waals surface area contributed by atoms with Gasteiger partial charge in [0.25, 0.3) is 5.56 Å². The Labute approximate surface area is 191 Å². The molecule has 6 nitrogen and oxygen atoms in total. The number of nitrogens with zero attached hydrogens (tertiary/aromatic N) is 3. The van der Waals surface area contributed by atoms with Gasteiger partial charge < -0.3 is 9.64 Å². The van der Waals surface area contributed by atoms with E-state index in [1.165, 1.54) is 16.9 Å². The van der Waals surface area contributed by atoms with Crippen molar-refractivity contribution in [2.24, 2.45) is 0 Å². The van der Waals surface area contributed by atoms with Gasteiger partial charge >= 0.3 is 0 Å². The van der Waals surface area contributed by atoms with Crippen LogP contribution in [0.1, 0.15) is 61.1 Å². The van der Waals surface area contributed by atoms with Gasteiger partial charge in [0.05, 0.1) is 24.4 Å². The number of rotatable bonds is 6. The monoisotopic (exact) mass is 451 g/mol. The average molecular weight is 452 g/mol. The van der Waals surface area contributed by atoms with Crippen LogP contribution in [0.25, 0.3) is 10.2 Å². The molecule has 7 heteroatoms. The molecule has 3 aromatic rings. The van der Waals surface area contributed by atoms with E-state index in [2.05, 4.69) is 17.1 Å². The van der Waals surface area contributed by atoms with E-state index in [1.54, 1.807) is 22.2 Å². The Morgan fingerprint density at radius 3 is 2.81 bits per heavy atom. The highest BCUT2D eigenvalue weighted by Gasteiger charge is 2.30. The van der Waals surface area contributed by atoms with E-state index in [9.17, 15) is 9.59 Å². The molecule has 2 aliphatic rings. The molecule has 0 saturated carbocycles. The highest BCUT2D eigenvalue weighted by atomic mass is 32.1. The van der Waals surface area contributed by atoms with Crippen LogP contribution in [0.4, 0.5) is 0 Å². The largest absolute Gasteiger partial charge is 0.494 e. The maximum atomic E-state index is 13.2. The predicted octanol–water partition coefficient (Wildman–Crippen LogP) is 4.49. The number of amides is 1. The Kier molecular flexibility index (Phi) is 6.00. The zero-order valence-electron chi connectivity index (χ0n) is 18.5. The van der Waals surface area contributed by atoms with Gasteiger partial charge in [-0.1, -0.05) is 12.1 Å². The summed E-state index contributed by atoms with van der Waals surface area (Å²) >= 11 is 1.66. The first-order chi connectivity index (χ1) is 15.7. The third-order valence-corrected chi connectivity index (χ3v) is 7.86. The van der Waals surface area contributed by atoms with E-state index in [1.807, 2.05) is 24.0 Å². The van der Waals surface area contributed by atoms with Gasteiger partial charge in [-0.25, -0.2) is 4.98 Å². The van der Waals surface area contributed by atoms with Gasteiger partial charge in [0.2, 0.25) is 5.91 Å². The number of hydrogen-bond donors (Lipinski definition) is 0. The molecule has 2 aromatic heterocycles. The summed E-state index contributed by atoms with van der Waals surface area (Å²) in [4.78, 5) is 34.9. The summed E-state index contributed by atoms with van der Waals surface area (Å²) in [5.74, 6) is 0.950. The fraction of sp³-hybridized carbons (Fsp3) is 0.480. The lowest BCUT2D eigenvalue weighted by molar-refractivity contribution is -0.132. The second-order valence-corrected chi connectivity index (χ2v) is 9.71. The summed E-state index contributed by atoms with van der Waals surface area (Å²) in [6.07, 6.45) is 8.23. The van der Waals surface area contributed by atoms with Crippen molar-refractivity contribution in [2.45, 2.75) is 64.5 Å². The Balaban J connectivity index is 1.30. The molecule has 168 valence electrons.